The van der Waals surface area contributed by atoms with Crippen LogP contribution in [0.2, 0.25) is 0 Å². The molecule has 19 heavy (non-hydrogen) atoms. The first kappa shape index (κ1) is 14.1. The average molecular weight is 264 g/mol. The van der Waals surface area contributed by atoms with Gasteiger partial charge in [-0.3, -0.25) is 4.79 Å². The highest BCUT2D eigenvalue weighted by Crippen LogP contribution is 2.29. The molecule has 1 aliphatic rings. The van der Waals surface area contributed by atoms with E-state index in [2.05, 4.69) is 28.7 Å². The van der Waals surface area contributed by atoms with E-state index >= 15 is 0 Å². The summed E-state index contributed by atoms with van der Waals surface area (Å²) in [5.41, 5.74) is 5.93. The number of rotatable bonds is 5. The lowest BCUT2D eigenvalue weighted by atomic mass is 10.0. The molecule has 2 unspecified atom stereocenters. The first-order chi connectivity index (χ1) is 9.08. The van der Waals surface area contributed by atoms with Gasteiger partial charge in [-0.2, -0.15) is 0 Å². The van der Waals surface area contributed by atoms with Crippen molar-refractivity contribution in [1.29, 1.82) is 0 Å². The van der Waals surface area contributed by atoms with Crippen molar-refractivity contribution >= 4 is 5.91 Å². The molecule has 3 atom stereocenters. The number of amides is 1. The second-order valence-corrected chi connectivity index (χ2v) is 5.86. The van der Waals surface area contributed by atoms with Crippen molar-refractivity contribution in [2.24, 2.45) is 11.7 Å². The highest BCUT2D eigenvalue weighted by Gasteiger charge is 2.30. The van der Waals surface area contributed by atoms with Crippen LogP contribution in [0.15, 0.2) is 18.7 Å². The molecule has 5 nitrogen and oxygen atoms in total. The van der Waals surface area contributed by atoms with Gasteiger partial charge in [0, 0.05) is 18.4 Å². The van der Waals surface area contributed by atoms with Crippen LogP contribution in [-0.4, -0.2) is 27.5 Å². The van der Waals surface area contributed by atoms with Crippen molar-refractivity contribution in [2.45, 2.75) is 57.7 Å². The van der Waals surface area contributed by atoms with Gasteiger partial charge in [-0.15, -0.1) is 0 Å². The fourth-order valence-corrected chi connectivity index (χ4v) is 2.84. The summed E-state index contributed by atoms with van der Waals surface area (Å²) in [6, 6.07) is 0.0987. The molecule has 3 N–H and O–H groups in total. The Morgan fingerprint density at radius 1 is 1.53 bits per heavy atom. The Kier molecular flexibility index (Phi) is 4.58. The van der Waals surface area contributed by atoms with E-state index in [9.17, 15) is 4.79 Å². The van der Waals surface area contributed by atoms with Gasteiger partial charge in [-0.05, 0) is 31.6 Å². The molecule has 1 aromatic rings. The van der Waals surface area contributed by atoms with Crippen LogP contribution in [0, 0.1) is 5.92 Å². The molecule has 1 heterocycles. The summed E-state index contributed by atoms with van der Waals surface area (Å²) in [5, 5.41) is 3.11. The molecule has 2 rings (SSSR count). The zero-order valence-corrected chi connectivity index (χ0v) is 11.7. The molecular formula is C14H24N4O. The van der Waals surface area contributed by atoms with E-state index < -0.39 is 6.04 Å². The molecule has 0 bridgehead atoms. The summed E-state index contributed by atoms with van der Waals surface area (Å²) in [6.45, 7) is 4.16. The maximum absolute atomic E-state index is 12.1. The summed E-state index contributed by atoms with van der Waals surface area (Å²) >= 11 is 0. The van der Waals surface area contributed by atoms with Gasteiger partial charge >= 0.3 is 0 Å². The van der Waals surface area contributed by atoms with Gasteiger partial charge in [0.05, 0.1) is 18.4 Å². The summed E-state index contributed by atoms with van der Waals surface area (Å²) < 4.78 is 2.09. The molecular weight excluding hydrogens is 240 g/mol. The number of hydrogen-bond acceptors (Lipinski definition) is 3. The Morgan fingerprint density at radius 2 is 2.32 bits per heavy atom. The molecule has 1 aromatic heterocycles. The first-order valence-electron chi connectivity index (χ1n) is 7.11. The molecule has 1 amide bonds. The first-order valence-corrected chi connectivity index (χ1v) is 7.11. The van der Waals surface area contributed by atoms with Crippen molar-refractivity contribution in [3.8, 4) is 0 Å². The number of nitrogens with two attached hydrogens (primary N) is 1. The zero-order chi connectivity index (χ0) is 13.8. The Bertz CT molecular complexity index is 402. The van der Waals surface area contributed by atoms with Crippen molar-refractivity contribution in [3.05, 3.63) is 18.7 Å². The summed E-state index contributed by atoms with van der Waals surface area (Å²) in [7, 11) is 0. The minimum Gasteiger partial charge on any atom is -0.350 e. The van der Waals surface area contributed by atoms with Crippen LogP contribution in [0.25, 0.3) is 0 Å². The van der Waals surface area contributed by atoms with Gasteiger partial charge in [0.25, 0.3) is 0 Å². The molecule has 0 spiro atoms. The minimum atomic E-state index is -0.399. The normalized spacial score (nSPS) is 24.6. The SMILES string of the molecule is CC(C)C[C@H](N)C(=O)NC1CCCC1n1ccnc1. The molecule has 1 saturated carbocycles. The van der Waals surface area contributed by atoms with Crippen LogP contribution in [-0.2, 0) is 4.79 Å². The van der Waals surface area contributed by atoms with Crippen molar-refractivity contribution in [1.82, 2.24) is 14.9 Å². The quantitative estimate of drug-likeness (QED) is 0.845. The van der Waals surface area contributed by atoms with Crippen LogP contribution in [0.3, 0.4) is 0 Å². The number of hydrogen-bond donors (Lipinski definition) is 2. The summed E-state index contributed by atoms with van der Waals surface area (Å²) in [5.74, 6) is 0.416. The van der Waals surface area contributed by atoms with Crippen molar-refractivity contribution in [2.75, 3.05) is 0 Å². The minimum absolute atomic E-state index is 0.0225. The summed E-state index contributed by atoms with van der Waals surface area (Å²) in [4.78, 5) is 16.2. The predicted octanol–water partition coefficient (Wildman–Crippen LogP) is 1.47. The molecule has 5 heteroatoms. The van der Waals surface area contributed by atoms with Crippen LogP contribution in [0.5, 0.6) is 0 Å². The molecule has 0 aromatic carbocycles. The number of imidazole rings is 1. The van der Waals surface area contributed by atoms with Gasteiger partial charge in [0.15, 0.2) is 0 Å². The van der Waals surface area contributed by atoms with Gasteiger partial charge in [0.1, 0.15) is 0 Å². The molecule has 0 saturated heterocycles. The van der Waals surface area contributed by atoms with E-state index in [-0.39, 0.29) is 11.9 Å². The third-order valence-electron chi connectivity index (χ3n) is 3.78. The molecule has 106 valence electrons. The monoisotopic (exact) mass is 264 g/mol. The number of aromatic nitrogens is 2. The lowest BCUT2D eigenvalue weighted by Gasteiger charge is -2.24. The molecule has 1 fully saturated rings. The van der Waals surface area contributed by atoms with Crippen LogP contribution < -0.4 is 11.1 Å². The zero-order valence-electron chi connectivity index (χ0n) is 11.7. The van der Waals surface area contributed by atoms with Crippen molar-refractivity contribution in [3.63, 3.8) is 0 Å². The predicted molar refractivity (Wildman–Crippen MR) is 74.5 cm³/mol. The van der Waals surface area contributed by atoms with E-state index in [1.807, 2.05) is 12.5 Å². The fourth-order valence-electron chi connectivity index (χ4n) is 2.84. The smallest absolute Gasteiger partial charge is 0.237 e. The second kappa shape index (κ2) is 6.19. The van der Waals surface area contributed by atoms with E-state index in [4.69, 9.17) is 5.73 Å². The van der Waals surface area contributed by atoms with Crippen molar-refractivity contribution < 1.29 is 4.79 Å². The number of carbonyl (C=O) groups excluding carboxylic acids is 1. The van der Waals surface area contributed by atoms with Gasteiger partial charge in [-0.25, -0.2) is 4.98 Å². The topological polar surface area (TPSA) is 72.9 Å². The van der Waals surface area contributed by atoms with E-state index in [0.717, 1.165) is 25.7 Å². The molecule has 1 aliphatic carbocycles. The van der Waals surface area contributed by atoms with Crippen LogP contribution in [0.1, 0.15) is 45.6 Å². The maximum atomic E-state index is 12.1. The second-order valence-electron chi connectivity index (χ2n) is 5.86. The van der Waals surface area contributed by atoms with E-state index in [0.29, 0.717) is 12.0 Å². The third-order valence-corrected chi connectivity index (χ3v) is 3.78. The molecule has 0 radical (unpaired) electrons. The molecule has 0 aliphatic heterocycles. The van der Waals surface area contributed by atoms with Gasteiger partial charge in [-0.1, -0.05) is 13.8 Å². The Labute approximate surface area is 114 Å². The number of nitrogens with zero attached hydrogens (tertiary/aromatic N) is 2. The van der Waals surface area contributed by atoms with Crippen LogP contribution in [0.4, 0.5) is 0 Å². The number of carbonyl (C=O) groups is 1. The number of nitrogens with one attached hydrogen (secondary N) is 1. The Morgan fingerprint density at radius 3 is 2.95 bits per heavy atom. The Hall–Kier alpha value is -1.36. The van der Waals surface area contributed by atoms with Crippen LogP contribution >= 0.6 is 0 Å². The van der Waals surface area contributed by atoms with E-state index in [1.54, 1.807) is 6.20 Å². The largest absolute Gasteiger partial charge is 0.350 e. The Balaban J connectivity index is 1.93. The summed E-state index contributed by atoms with van der Waals surface area (Å²) in [6.07, 6.45) is 9.53. The third kappa shape index (κ3) is 3.56. The van der Waals surface area contributed by atoms with Gasteiger partial charge in [0.2, 0.25) is 5.91 Å². The average Bonchev–Trinajstić information content (AvgIpc) is 2.97. The lowest BCUT2D eigenvalue weighted by molar-refractivity contribution is -0.123. The van der Waals surface area contributed by atoms with Gasteiger partial charge < -0.3 is 15.6 Å². The highest BCUT2D eigenvalue weighted by atomic mass is 16.2. The highest BCUT2D eigenvalue weighted by molar-refractivity contribution is 5.81. The maximum Gasteiger partial charge on any atom is 0.237 e. The standard InChI is InChI=1S/C14H24N4O/c1-10(2)8-11(15)14(19)17-12-4-3-5-13(12)18-7-6-16-9-18/h6-7,9-13H,3-5,8,15H2,1-2H3,(H,17,19)/t11-,12?,13?/m0/s1. The lowest BCUT2D eigenvalue weighted by Crippen LogP contribution is -2.47. The van der Waals surface area contributed by atoms with E-state index in [1.165, 1.54) is 0 Å². The fraction of sp³-hybridized carbons (Fsp3) is 0.714.